The number of aromatic nitrogens is 1. The number of rotatable bonds is 5. The van der Waals surface area contributed by atoms with Crippen molar-refractivity contribution in [3.8, 4) is 0 Å². The van der Waals surface area contributed by atoms with Crippen LogP contribution in [0.4, 0.5) is 10.6 Å². The Kier molecular flexibility index (Phi) is 7.46. The van der Waals surface area contributed by atoms with Crippen LogP contribution >= 0.6 is 15.9 Å². The molecule has 1 aromatic heterocycles. The molecule has 0 aromatic carbocycles. The Balaban J connectivity index is 1.34. The molecule has 2 aliphatic rings. The third kappa shape index (κ3) is 6.77. The van der Waals surface area contributed by atoms with Crippen LogP contribution in [0.15, 0.2) is 22.8 Å². The Morgan fingerprint density at radius 1 is 1.04 bits per heavy atom. The summed E-state index contributed by atoms with van der Waals surface area (Å²) in [5, 5.41) is 9.01. The van der Waals surface area contributed by atoms with Crippen LogP contribution in [0.5, 0.6) is 0 Å². The van der Waals surface area contributed by atoms with E-state index < -0.39 is 0 Å². The Labute approximate surface area is 168 Å². The third-order valence-corrected chi connectivity index (χ3v) is 5.69. The monoisotopic (exact) mass is 437 g/mol. The van der Waals surface area contributed by atoms with E-state index in [1.54, 1.807) is 12.3 Å². The van der Waals surface area contributed by atoms with Gasteiger partial charge in [0.2, 0.25) is 5.91 Å². The fourth-order valence-corrected chi connectivity index (χ4v) is 3.96. The molecule has 2 heterocycles. The largest absolute Gasteiger partial charge is 0.335 e. The number of carbonyl (C=O) groups is 2. The molecule has 1 aliphatic carbocycles. The average molecular weight is 438 g/mol. The molecule has 148 valence electrons. The minimum absolute atomic E-state index is 0.0422. The quantitative estimate of drug-likeness (QED) is 0.660. The number of likely N-dealkylation sites (tertiary alicyclic amines) is 1. The van der Waals surface area contributed by atoms with Crippen molar-refractivity contribution in [2.45, 2.75) is 57.0 Å². The van der Waals surface area contributed by atoms with Gasteiger partial charge in [-0.3, -0.25) is 9.69 Å². The molecule has 1 aromatic rings. The summed E-state index contributed by atoms with van der Waals surface area (Å²) in [6, 6.07) is 4.08. The van der Waals surface area contributed by atoms with Gasteiger partial charge in [-0.25, -0.2) is 9.78 Å². The first-order valence-corrected chi connectivity index (χ1v) is 10.6. The van der Waals surface area contributed by atoms with Crippen molar-refractivity contribution in [1.82, 2.24) is 20.5 Å². The molecule has 3 amide bonds. The number of piperidine rings is 1. The number of carbonyl (C=O) groups excluding carboxylic acids is 2. The first-order chi connectivity index (χ1) is 13.1. The van der Waals surface area contributed by atoms with Crippen molar-refractivity contribution in [2.75, 3.05) is 25.0 Å². The second kappa shape index (κ2) is 10.0. The number of nitrogens with zero attached hydrogens (tertiary/aromatic N) is 2. The summed E-state index contributed by atoms with van der Waals surface area (Å²) in [5.41, 5.74) is 0. The highest BCUT2D eigenvalue weighted by Gasteiger charge is 2.23. The molecular weight excluding hydrogens is 410 g/mol. The second-order valence-electron chi connectivity index (χ2n) is 7.41. The topological polar surface area (TPSA) is 86.4 Å². The van der Waals surface area contributed by atoms with Gasteiger partial charge in [0.05, 0.1) is 6.54 Å². The van der Waals surface area contributed by atoms with Gasteiger partial charge in [0.25, 0.3) is 0 Å². The maximum Gasteiger partial charge on any atom is 0.315 e. The van der Waals surface area contributed by atoms with Gasteiger partial charge in [-0.05, 0) is 53.7 Å². The fourth-order valence-electron chi connectivity index (χ4n) is 3.73. The van der Waals surface area contributed by atoms with E-state index >= 15 is 0 Å². The van der Waals surface area contributed by atoms with Gasteiger partial charge < -0.3 is 16.0 Å². The minimum Gasteiger partial charge on any atom is -0.335 e. The van der Waals surface area contributed by atoms with Gasteiger partial charge in [0.1, 0.15) is 5.82 Å². The van der Waals surface area contributed by atoms with Gasteiger partial charge in [-0.1, -0.05) is 19.3 Å². The lowest BCUT2D eigenvalue weighted by atomic mass is 9.96. The highest BCUT2D eigenvalue weighted by molar-refractivity contribution is 9.10. The normalized spacial score (nSPS) is 19.4. The van der Waals surface area contributed by atoms with E-state index in [0.29, 0.717) is 18.4 Å². The molecule has 0 unspecified atom stereocenters. The summed E-state index contributed by atoms with van der Waals surface area (Å²) in [6.45, 7) is 1.95. The van der Waals surface area contributed by atoms with Gasteiger partial charge in [-0.15, -0.1) is 0 Å². The van der Waals surface area contributed by atoms with Crippen LogP contribution < -0.4 is 16.0 Å². The van der Waals surface area contributed by atoms with E-state index in [9.17, 15) is 9.59 Å². The highest BCUT2D eigenvalue weighted by atomic mass is 79.9. The molecule has 1 aliphatic heterocycles. The second-order valence-corrected chi connectivity index (χ2v) is 8.33. The van der Waals surface area contributed by atoms with E-state index in [0.717, 1.165) is 43.2 Å². The smallest absolute Gasteiger partial charge is 0.315 e. The number of anilines is 1. The maximum atomic E-state index is 12.2. The zero-order valence-electron chi connectivity index (χ0n) is 15.5. The van der Waals surface area contributed by atoms with Crippen molar-refractivity contribution in [1.29, 1.82) is 0 Å². The number of pyridine rings is 1. The first kappa shape index (κ1) is 20.1. The van der Waals surface area contributed by atoms with E-state index in [2.05, 4.69) is 41.8 Å². The van der Waals surface area contributed by atoms with Crippen LogP contribution in [-0.4, -0.2) is 53.5 Å². The van der Waals surface area contributed by atoms with Crippen molar-refractivity contribution in [3.63, 3.8) is 0 Å². The van der Waals surface area contributed by atoms with Crippen molar-refractivity contribution in [3.05, 3.63) is 22.8 Å². The van der Waals surface area contributed by atoms with Crippen LogP contribution in [-0.2, 0) is 4.79 Å². The van der Waals surface area contributed by atoms with E-state index in [-0.39, 0.29) is 18.0 Å². The van der Waals surface area contributed by atoms with Gasteiger partial charge >= 0.3 is 6.03 Å². The van der Waals surface area contributed by atoms with Crippen LogP contribution in [0.3, 0.4) is 0 Å². The van der Waals surface area contributed by atoms with Crippen molar-refractivity contribution >= 4 is 33.7 Å². The summed E-state index contributed by atoms with van der Waals surface area (Å²) in [5.74, 6) is 0.491. The molecule has 0 spiro atoms. The molecule has 1 saturated heterocycles. The number of hydrogen-bond acceptors (Lipinski definition) is 4. The molecule has 8 heteroatoms. The Morgan fingerprint density at radius 3 is 2.33 bits per heavy atom. The number of amides is 3. The van der Waals surface area contributed by atoms with E-state index in [4.69, 9.17) is 0 Å². The molecule has 7 nitrogen and oxygen atoms in total. The number of halogens is 1. The molecule has 0 radical (unpaired) electrons. The van der Waals surface area contributed by atoms with Crippen LogP contribution in [0.25, 0.3) is 0 Å². The molecule has 27 heavy (non-hydrogen) atoms. The summed E-state index contributed by atoms with van der Waals surface area (Å²) in [7, 11) is 0. The van der Waals surface area contributed by atoms with Crippen LogP contribution in [0.2, 0.25) is 0 Å². The zero-order valence-corrected chi connectivity index (χ0v) is 17.1. The maximum absolute atomic E-state index is 12.2. The molecule has 1 saturated carbocycles. The number of nitrogens with one attached hydrogen (secondary N) is 3. The predicted molar refractivity (Wildman–Crippen MR) is 109 cm³/mol. The number of urea groups is 1. The fraction of sp³-hybridized carbons (Fsp3) is 0.632. The van der Waals surface area contributed by atoms with Gasteiger partial charge in [-0.2, -0.15) is 0 Å². The van der Waals surface area contributed by atoms with Gasteiger partial charge in [0, 0.05) is 35.8 Å². The molecule has 3 N–H and O–H groups in total. The Morgan fingerprint density at radius 2 is 1.70 bits per heavy atom. The van der Waals surface area contributed by atoms with Gasteiger partial charge in [0.15, 0.2) is 0 Å². The summed E-state index contributed by atoms with van der Waals surface area (Å²) >= 11 is 3.32. The molecule has 3 rings (SSSR count). The Bertz CT molecular complexity index is 625. The van der Waals surface area contributed by atoms with Crippen LogP contribution in [0.1, 0.15) is 44.9 Å². The zero-order chi connectivity index (χ0) is 19.1. The standard InChI is InChI=1S/C19H28BrN5O2/c20-14-6-7-17(21-12-14)24-18(26)13-25-10-8-16(9-11-25)23-19(27)22-15-4-2-1-3-5-15/h6-7,12,15-16H,1-5,8-11,13H2,(H,21,24,26)(H2,22,23,27). The van der Waals surface area contributed by atoms with Crippen LogP contribution in [0, 0.1) is 0 Å². The first-order valence-electron chi connectivity index (χ1n) is 9.79. The highest BCUT2D eigenvalue weighted by Crippen LogP contribution is 2.17. The molecule has 0 atom stereocenters. The number of hydrogen-bond donors (Lipinski definition) is 3. The minimum atomic E-state index is -0.0636. The SMILES string of the molecule is O=C(CN1CCC(NC(=O)NC2CCCCC2)CC1)Nc1ccc(Br)cn1. The lowest BCUT2D eigenvalue weighted by Crippen LogP contribution is -2.51. The summed E-state index contributed by atoms with van der Waals surface area (Å²) in [4.78, 5) is 30.6. The van der Waals surface area contributed by atoms with E-state index in [1.165, 1.54) is 19.3 Å². The predicted octanol–water partition coefficient (Wildman–Crippen LogP) is 2.88. The molecule has 2 fully saturated rings. The third-order valence-electron chi connectivity index (χ3n) is 5.23. The molecular formula is C19H28BrN5O2. The summed E-state index contributed by atoms with van der Waals surface area (Å²) in [6.07, 6.45) is 9.27. The van der Waals surface area contributed by atoms with Crippen molar-refractivity contribution in [2.24, 2.45) is 0 Å². The van der Waals surface area contributed by atoms with E-state index in [1.807, 2.05) is 6.07 Å². The molecule has 0 bridgehead atoms. The van der Waals surface area contributed by atoms with Crippen molar-refractivity contribution < 1.29 is 9.59 Å². The Hall–Kier alpha value is -1.67. The lowest BCUT2D eigenvalue weighted by molar-refractivity contribution is -0.117. The summed E-state index contributed by atoms with van der Waals surface area (Å²) < 4.78 is 0.877. The lowest BCUT2D eigenvalue weighted by Gasteiger charge is -2.32. The average Bonchev–Trinajstić information content (AvgIpc) is 2.66.